The van der Waals surface area contributed by atoms with Crippen LogP contribution in [0.5, 0.6) is 0 Å². The lowest BCUT2D eigenvalue weighted by Gasteiger charge is -2.21. The van der Waals surface area contributed by atoms with Crippen LogP contribution >= 0.6 is 11.8 Å². The molecule has 1 aliphatic rings. The first-order valence-electron chi connectivity index (χ1n) is 9.68. The van der Waals surface area contributed by atoms with Crippen LogP contribution in [0.4, 0.5) is 13.6 Å². The highest BCUT2D eigenvalue weighted by atomic mass is 32.2. The van der Waals surface area contributed by atoms with Crippen molar-refractivity contribution >= 4 is 28.6 Å². The van der Waals surface area contributed by atoms with Gasteiger partial charge in [0, 0.05) is 36.2 Å². The van der Waals surface area contributed by atoms with Gasteiger partial charge in [0.25, 0.3) is 0 Å². The maximum Gasteiger partial charge on any atom is 0.317 e. The average molecular weight is 413 g/mol. The van der Waals surface area contributed by atoms with Crippen molar-refractivity contribution in [2.75, 3.05) is 18.8 Å². The fourth-order valence-corrected chi connectivity index (χ4v) is 4.95. The van der Waals surface area contributed by atoms with Gasteiger partial charge in [-0.15, -0.1) is 0 Å². The molecule has 0 aliphatic carbocycles. The number of amides is 2. The monoisotopic (exact) mass is 412 g/mol. The molecule has 150 valence electrons. The van der Waals surface area contributed by atoms with Gasteiger partial charge in [0.2, 0.25) is 0 Å². The zero-order valence-electron chi connectivity index (χ0n) is 15.9. The number of thioether (sulfide) groups is 1. The van der Waals surface area contributed by atoms with Crippen molar-refractivity contribution < 1.29 is 13.6 Å². The van der Waals surface area contributed by atoms with Crippen LogP contribution in [0.3, 0.4) is 0 Å². The van der Waals surface area contributed by atoms with E-state index in [0.717, 1.165) is 22.4 Å². The Bertz CT molecular complexity index is 1020. The summed E-state index contributed by atoms with van der Waals surface area (Å²) in [5, 5.41) is 5.13. The molecule has 4 rings (SSSR count). The predicted molar refractivity (Wildman–Crippen MR) is 114 cm³/mol. The molecule has 1 saturated heterocycles. The predicted octanol–water partition coefficient (Wildman–Crippen LogP) is 5.51. The molecule has 0 radical (unpaired) electrons. The summed E-state index contributed by atoms with van der Waals surface area (Å²) in [5.74, 6) is -0.142. The number of fused-ring (bicyclic) bond motifs is 1. The molecular formula is C23H22F2N2OS. The summed E-state index contributed by atoms with van der Waals surface area (Å²) in [6.45, 7) is 1.54. The molecule has 0 spiro atoms. The third kappa shape index (κ3) is 4.53. The summed E-state index contributed by atoms with van der Waals surface area (Å²) < 4.78 is 27.6. The summed E-state index contributed by atoms with van der Waals surface area (Å²) in [5.41, 5.74) is 1.45. The van der Waals surface area contributed by atoms with Crippen LogP contribution in [-0.2, 0) is 6.54 Å². The van der Waals surface area contributed by atoms with Gasteiger partial charge in [-0.1, -0.05) is 42.5 Å². The van der Waals surface area contributed by atoms with Gasteiger partial charge in [0.05, 0.1) is 0 Å². The largest absolute Gasteiger partial charge is 0.334 e. The van der Waals surface area contributed by atoms with Gasteiger partial charge in [0.15, 0.2) is 0 Å². The number of hydrogen-bond donors (Lipinski definition) is 1. The number of urea groups is 1. The van der Waals surface area contributed by atoms with Crippen LogP contribution in [-0.4, -0.2) is 29.8 Å². The topological polar surface area (TPSA) is 32.3 Å². The molecular weight excluding hydrogens is 390 g/mol. The van der Waals surface area contributed by atoms with Gasteiger partial charge < -0.3 is 10.2 Å². The third-order valence-electron chi connectivity index (χ3n) is 5.24. The summed E-state index contributed by atoms with van der Waals surface area (Å²) in [6.07, 6.45) is 0.590. The highest BCUT2D eigenvalue weighted by Gasteiger charge is 2.24. The van der Waals surface area contributed by atoms with Gasteiger partial charge in [0.1, 0.15) is 11.6 Å². The minimum Gasteiger partial charge on any atom is -0.334 e. The zero-order valence-corrected chi connectivity index (χ0v) is 16.7. The Morgan fingerprint density at radius 3 is 2.79 bits per heavy atom. The number of nitrogens with zero attached hydrogens (tertiary/aromatic N) is 1. The Balaban J connectivity index is 1.39. The van der Waals surface area contributed by atoms with E-state index in [4.69, 9.17) is 0 Å². The normalized spacial score (nSPS) is 17.2. The maximum atomic E-state index is 14.1. The zero-order chi connectivity index (χ0) is 20.2. The summed E-state index contributed by atoms with van der Waals surface area (Å²) >= 11 is 1.57. The van der Waals surface area contributed by atoms with Crippen molar-refractivity contribution in [3.63, 3.8) is 0 Å². The molecule has 2 amide bonds. The van der Waals surface area contributed by atoms with Crippen LogP contribution in [0.1, 0.15) is 22.8 Å². The first kappa shape index (κ1) is 19.7. The number of nitrogens with one attached hydrogen (secondary N) is 1. The fourth-order valence-electron chi connectivity index (χ4n) is 3.71. The number of carbonyl (C=O) groups excluding carboxylic acids is 1. The van der Waals surface area contributed by atoms with Crippen molar-refractivity contribution in [3.05, 3.63) is 83.4 Å². The lowest BCUT2D eigenvalue weighted by molar-refractivity contribution is 0.200. The van der Waals surface area contributed by atoms with E-state index in [2.05, 4.69) is 23.5 Å². The van der Waals surface area contributed by atoms with Crippen LogP contribution in [0, 0.1) is 11.6 Å². The Hall–Kier alpha value is -2.60. The molecule has 1 aliphatic heterocycles. The van der Waals surface area contributed by atoms with E-state index in [1.807, 2.05) is 24.3 Å². The number of rotatable bonds is 3. The van der Waals surface area contributed by atoms with Crippen molar-refractivity contribution in [3.8, 4) is 0 Å². The molecule has 6 heteroatoms. The van der Waals surface area contributed by atoms with E-state index in [1.54, 1.807) is 16.7 Å². The third-order valence-corrected chi connectivity index (χ3v) is 6.55. The molecule has 1 heterocycles. The van der Waals surface area contributed by atoms with Crippen LogP contribution in [0.15, 0.2) is 60.7 Å². The molecule has 1 atom stereocenters. The highest BCUT2D eigenvalue weighted by molar-refractivity contribution is 7.99. The lowest BCUT2D eigenvalue weighted by atomic mass is 10.0. The smallest absolute Gasteiger partial charge is 0.317 e. The van der Waals surface area contributed by atoms with Gasteiger partial charge >= 0.3 is 6.03 Å². The Morgan fingerprint density at radius 1 is 1.07 bits per heavy atom. The van der Waals surface area contributed by atoms with Crippen molar-refractivity contribution in [1.82, 2.24) is 10.2 Å². The van der Waals surface area contributed by atoms with E-state index < -0.39 is 11.6 Å². The molecule has 1 unspecified atom stereocenters. The number of carbonyl (C=O) groups is 1. The van der Waals surface area contributed by atoms with Crippen molar-refractivity contribution in [2.45, 2.75) is 18.2 Å². The van der Waals surface area contributed by atoms with Crippen LogP contribution in [0.2, 0.25) is 0 Å². The van der Waals surface area contributed by atoms with Crippen LogP contribution < -0.4 is 5.32 Å². The second-order valence-electron chi connectivity index (χ2n) is 7.10. The van der Waals surface area contributed by atoms with E-state index in [1.165, 1.54) is 12.1 Å². The summed E-state index contributed by atoms with van der Waals surface area (Å²) in [6, 6.07) is 17.6. The van der Waals surface area contributed by atoms with Gasteiger partial charge in [-0.3, -0.25) is 0 Å². The Kier molecular flexibility index (Phi) is 6.00. The summed E-state index contributed by atoms with van der Waals surface area (Å²) in [4.78, 5) is 14.5. The van der Waals surface area contributed by atoms with Gasteiger partial charge in [-0.05, 0) is 41.0 Å². The molecule has 1 fully saturated rings. The second-order valence-corrected chi connectivity index (χ2v) is 8.41. The van der Waals surface area contributed by atoms with Gasteiger partial charge in [-0.2, -0.15) is 11.8 Å². The highest BCUT2D eigenvalue weighted by Crippen LogP contribution is 2.36. The number of hydrogen-bond acceptors (Lipinski definition) is 2. The standard InChI is InChI=1S/C23H22F2N2OS/c24-18-8-9-21(25)20(14-18)22-10-11-27(12-13-29-22)23(28)26-15-17-6-3-5-16-4-1-2-7-19(16)17/h1-9,14,22H,10-13,15H2,(H,26,28). The molecule has 0 bridgehead atoms. The minimum atomic E-state index is -0.434. The van der Waals surface area contributed by atoms with E-state index in [-0.39, 0.29) is 11.3 Å². The maximum absolute atomic E-state index is 14.1. The minimum absolute atomic E-state index is 0.126. The van der Waals surface area contributed by atoms with Crippen LogP contribution in [0.25, 0.3) is 10.8 Å². The molecule has 3 aromatic rings. The van der Waals surface area contributed by atoms with E-state index >= 15 is 0 Å². The molecule has 1 N–H and O–H groups in total. The second kappa shape index (κ2) is 8.82. The molecule has 3 nitrogen and oxygen atoms in total. The van der Waals surface area contributed by atoms with Crippen molar-refractivity contribution in [2.24, 2.45) is 0 Å². The first-order chi connectivity index (χ1) is 14.1. The Labute approximate surface area is 173 Å². The molecule has 0 aromatic heterocycles. The van der Waals surface area contributed by atoms with Crippen molar-refractivity contribution in [1.29, 1.82) is 0 Å². The molecule has 0 saturated carbocycles. The fraction of sp³-hybridized carbons (Fsp3) is 0.261. The quantitative estimate of drug-likeness (QED) is 0.615. The summed E-state index contributed by atoms with van der Waals surface area (Å²) in [7, 11) is 0. The molecule has 3 aromatic carbocycles. The lowest BCUT2D eigenvalue weighted by Crippen LogP contribution is -2.40. The first-order valence-corrected chi connectivity index (χ1v) is 10.7. The van der Waals surface area contributed by atoms with Gasteiger partial charge in [-0.25, -0.2) is 13.6 Å². The van der Waals surface area contributed by atoms with E-state index in [9.17, 15) is 13.6 Å². The molecule has 29 heavy (non-hydrogen) atoms. The van der Waals surface area contributed by atoms with E-state index in [0.29, 0.717) is 37.4 Å². The number of halogens is 2. The number of benzene rings is 3. The Morgan fingerprint density at radius 2 is 1.90 bits per heavy atom. The SMILES string of the molecule is O=C(NCc1cccc2ccccc12)N1CCSC(c2cc(F)ccc2F)CC1. The average Bonchev–Trinajstić information content (AvgIpc) is 3.00.